The summed E-state index contributed by atoms with van der Waals surface area (Å²) in [4.78, 5) is 18.0. The van der Waals surface area contributed by atoms with E-state index in [9.17, 15) is 4.79 Å². The van der Waals surface area contributed by atoms with Gasteiger partial charge in [0.15, 0.2) is 16.6 Å². The van der Waals surface area contributed by atoms with Gasteiger partial charge in [0.25, 0.3) is 0 Å². The molecule has 3 heterocycles. The van der Waals surface area contributed by atoms with Crippen molar-refractivity contribution in [2.75, 3.05) is 18.5 Å². The second-order valence-electron chi connectivity index (χ2n) is 7.08. The van der Waals surface area contributed by atoms with Gasteiger partial charge in [0, 0.05) is 23.3 Å². The number of nitrogens with zero attached hydrogens (tertiary/aromatic N) is 1. The Kier molecular flexibility index (Phi) is 3.89. The minimum Gasteiger partial charge on any atom is -0.486 e. The van der Waals surface area contributed by atoms with Crippen LogP contribution in [0.2, 0.25) is 0 Å². The Labute approximate surface area is 176 Å². The fourth-order valence-corrected chi connectivity index (χ4v) is 4.77. The molecule has 6 nitrogen and oxygen atoms in total. The monoisotopic (exact) mass is 416 g/mol. The number of ether oxygens (including phenoxy) is 3. The van der Waals surface area contributed by atoms with Crippen molar-refractivity contribution < 1.29 is 19.0 Å². The molecule has 0 fully saturated rings. The van der Waals surface area contributed by atoms with Gasteiger partial charge in [-0.1, -0.05) is 47.7 Å². The highest BCUT2D eigenvalue weighted by Gasteiger charge is 2.33. The van der Waals surface area contributed by atoms with Crippen LogP contribution in [0.4, 0.5) is 5.13 Å². The van der Waals surface area contributed by atoms with Gasteiger partial charge in [-0.05, 0) is 12.1 Å². The van der Waals surface area contributed by atoms with Crippen LogP contribution in [-0.4, -0.2) is 24.1 Å². The van der Waals surface area contributed by atoms with Gasteiger partial charge in [-0.2, -0.15) is 0 Å². The largest absolute Gasteiger partial charge is 0.486 e. The summed E-state index contributed by atoms with van der Waals surface area (Å²) >= 11 is 1.42. The van der Waals surface area contributed by atoms with Crippen molar-refractivity contribution in [1.82, 2.24) is 4.98 Å². The number of benzene rings is 3. The molecule has 3 aromatic carbocycles. The Morgan fingerprint density at radius 3 is 2.23 bits per heavy atom. The van der Waals surface area contributed by atoms with Crippen LogP contribution in [0.5, 0.6) is 23.0 Å². The minimum absolute atomic E-state index is 0.144. The maximum absolute atomic E-state index is 13.4. The molecule has 1 aromatic heterocycles. The number of thiazole rings is 1. The van der Waals surface area contributed by atoms with Gasteiger partial charge >= 0.3 is 0 Å². The van der Waals surface area contributed by atoms with Crippen LogP contribution in [0, 0.1) is 0 Å². The zero-order valence-corrected chi connectivity index (χ0v) is 16.6. The second kappa shape index (κ2) is 6.74. The molecule has 0 bridgehead atoms. The number of fused-ring (bicyclic) bond motifs is 4. The lowest BCUT2D eigenvalue weighted by Crippen LogP contribution is -2.24. The van der Waals surface area contributed by atoms with Crippen molar-refractivity contribution in [3.05, 3.63) is 71.8 Å². The van der Waals surface area contributed by atoms with Crippen molar-refractivity contribution in [1.29, 1.82) is 0 Å². The molecule has 30 heavy (non-hydrogen) atoms. The molecule has 1 amide bonds. The summed E-state index contributed by atoms with van der Waals surface area (Å²) in [5.74, 6) is 2.17. The number of rotatable bonds is 2. The summed E-state index contributed by atoms with van der Waals surface area (Å²) in [7, 11) is 0. The lowest BCUT2D eigenvalue weighted by Gasteiger charge is -2.27. The third kappa shape index (κ3) is 2.78. The number of carbonyl (C=O) groups is 1. The van der Waals surface area contributed by atoms with Crippen LogP contribution < -0.4 is 19.5 Å². The molecule has 6 rings (SSSR count). The normalized spacial score (nSPS) is 14.5. The van der Waals surface area contributed by atoms with Gasteiger partial charge in [-0.3, -0.25) is 4.79 Å². The van der Waals surface area contributed by atoms with Crippen molar-refractivity contribution in [3.63, 3.8) is 0 Å². The standard InChI is InChI=1S/C23H16N2O4S/c26-22(21-13-5-1-3-7-16(13)29-17-8-4-2-6-14(17)21)25-23-24-15-11-18-19(12-20(15)30-23)28-10-9-27-18/h1-8,11-12,21H,9-10H2,(H,24,25,26). The highest BCUT2D eigenvalue weighted by Crippen LogP contribution is 2.45. The highest BCUT2D eigenvalue weighted by molar-refractivity contribution is 7.22. The molecular formula is C23H16N2O4S. The van der Waals surface area contributed by atoms with Gasteiger partial charge in [0.05, 0.1) is 16.1 Å². The first-order valence-electron chi connectivity index (χ1n) is 9.63. The number of anilines is 1. The van der Waals surface area contributed by atoms with E-state index in [1.165, 1.54) is 11.3 Å². The molecule has 0 atom stereocenters. The third-order valence-corrected chi connectivity index (χ3v) is 6.16. The van der Waals surface area contributed by atoms with E-state index in [4.69, 9.17) is 14.2 Å². The summed E-state index contributed by atoms with van der Waals surface area (Å²) in [5, 5.41) is 3.55. The van der Waals surface area contributed by atoms with Crippen LogP contribution in [0.3, 0.4) is 0 Å². The topological polar surface area (TPSA) is 69.7 Å². The predicted molar refractivity (Wildman–Crippen MR) is 114 cm³/mol. The number of carbonyl (C=O) groups excluding carboxylic acids is 1. The zero-order valence-electron chi connectivity index (χ0n) is 15.8. The molecule has 0 aliphatic carbocycles. The number of nitrogens with one attached hydrogen (secondary N) is 1. The van der Waals surface area contributed by atoms with Gasteiger partial charge < -0.3 is 19.5 Å². The van der Waals surface area contributed by atoms with Crippen LogP contribution in [0.25, 0.3) is 10.2 Å². The first-order chi connectivity index (χ1) is 14.8. The van der Waals surface area contributed by atoms with E-state index in [1.807, 2.05) is 60.7 Å². The van der Waals surface area contributed by atoms with Gasteiger partial charge in [-0.15, -0.1) is 0 Å². The van der Waals surface area contributed by atoms with Gasteiger partial charge in [0.2, 0.25) is 5.91 Å². The van der Waals surface area contributed by atoms with Crippen molar-refractivity contribution in [2.24, 2.45) is 0 Å². The van der Waals surface area contributed by atoms with E-state index in [1.54, 1.807) is 0 Å². The van der Waals surface area contributed by atoms with Crippen LogP contribution in [0.15, 0.2) is 60.7 Å². The molecule has 0 unspecified atom stereocenters. The maximum atomic E-state index is 13.4. The lowest BCUT2D eigenvalue weighted by atomic mass is 9.87. The van der Waals surface area contributed by atoms with E-state index in [2.05, 4.69) is 10.3 Å². The summed E-state index contributed by atoms with van der Waals surface area (Å²) < 4.78 is 18.2. The van der Waals surface area contributed by atoms with Gasteiger partial charge in [-0.25, -0.2) is 4.98 Å². The average molecular weight is 416 g/mol. The molecule has 0 saturated heterocycles. The van der Waals surface area contributed by atoms with E-state index in [0.29, 0.717) is 41.3 Å². The summed E-state index contributed by atoms with van der Waals surface area (Å²) in [5.41, 5.74) is 2.45. The number of para-hydroxylation sites is 2. The molecule has 0 spiro atoms. The Bertz CT molecular complexity index is 1210. The molecule has 0 radical (unpaired) electrons. The van der Waals surface area contributed by atoms with E-state index >= 15 is 0 Å². The molecule has 148 valence electrons. The number of amides is 1. The first kappa shape index (κ1) is 17.3. The Morgan fingerprint density at radius 1 is 0.900 bits per heavy atom. The third-order valence-electron chi connectivity index (χ3n) is 5.22. The zero-order chi connectivity index (χ0) is 20.1. The van der Waals surface area contributed by atoms with E-state index in [-0.39, 0.29) is 5.91 Å². The van der Waals surface area contributed by atoms with Crippen LogP contribution in [0.1, 0.15) is 17.0 Å². The van der Waals surface area contributed by atoms with Crippen molar-refractivity contribution in [2.45, 2.75) is 5.92 Å². The minimum atomic E-state index is -0.474. The average Bonchev–Trinajstić information content (AvgIpc) is 3.16. The molecule has 0 saturated carbocycles. The Balaban J connectivity index is 1.37. The molecule has 2 aliphatic heterocycles. The second-order valence-corrected chi connectivity index (χ2v) is 8.11. The lowest BCUT2D eigenvalue weighted by molar-refractivity contribution is -0.116. The summed E-state index contributed by atoms with van der Waals surface area (Å²) in [6.45, 7) is 1.05. The van der Waals surface area contributed by atoms with Gasteiger partial charge in [0.1, 0.15) is 24.7 Å². The molecule has 1 N–H and O–H groups in total. The molecule has 7 heteroatoms. The van der Waals surface area contributed by atoms with Crippen LogP contribution in [-0.2, 0) is 4.79 Å². The Morgan fingerprint density at radius 2 is 1.53 bits per heavy atom. The fraction of sp³-hybridized carbons (Fsp3) is 0.130. The summed E-state index contributed by atoms with van der Waals surface area (Å²) in [6.07, 6.45) is 0. The number of hydrogen-bond acceptors (Lipinski definition) is 6. The highest BCUT2D eigenvalue weighted by atomic mass is 32.1. The maximum Gasteiger partial charge on any atom is 0.238 e. The fourth-order valence-electron chi connectivity index (χ4n) is 3.89. The first-order valence-corrected chi connectivity index (χ1v) is 10.4. The molecule has 2 aliphatic rings. The molecular weight excluding hydrogens is 400 g/mol. The smallest absolute Gasteiger partial charge is 0.238 e. The van der Waals surface area contributed by atoms with E-state index in [0.717, 1.165) is 21.3 Å². The van der Waals surface area contributed by atoms with Crippen LogP contribution >= 0.6 is 11.3 Å². The van der Waals surface area contributed by atoms with Crippen molar-refractivity contribution in [3.8, 4) is 23.0 Å². The quantitative estimate of drug-likeness (QED) is 0.501. The SMILES string of the molecule is O=C(Nc1nc2cc3c(cc2s1)OCCO3)C1c2ccccc2Oc2ccccc21. The molecule has 4 aromatic rings. The van der Waals surface area contributed by atoms with E-state index < -0.39 is 5.92 Å². The van der Waals surface area contributed by atoms with Crippen molar-refractivity contribution >= 4 is 32.6 Å². The Hall–Kier alpha value is -3.58. The number of aromatic nitrogens is 1. The summed E-state index contributed by atoms with van der Waals surface area (Å²) in [6, 6.07) is 19.0. The predicted octanol–water partition coefficient (Wildman–Crippen LogP) is 4.94. The number of hydrogen-bond donors (Lipinski definition) is 1.